The summed E-state index contributed by atoms with van der Waals surface area (Å²) in [4.78, 5) is -0.337. The number of hydrogen-bond donors (Lipinski definition) is 2. The Labute approximate surface area is 106 Å². The fourth-order valence-corrected chi connectivity index (χ4v) is 3.76. The number of sulfonamides is 1. The highest BCUT2D eigenvalue weighted by Gasteiger charge is 2.29. The van der Waals surface area contributed by atoms with E-state index in [0.717, 1.165) is 25.3 Å². The Bertz CT molecular complexity index is 545. The van der Waals surface area contributed by atoms with Gasteiger partial charge in [0.05, 0.1) is 0 Å². The van der Waals surface area contributed by atoms with Crippen molar-refractivity contribution in [3.05, 3.63) is 24.0 Å². The molecule has 0 heterocycles. The van der Waals surface area contributed by atoms with Crippen molar-refractivity contribution in [2.24, 2.45) is 5.92 Å². The summed E-state index contributed by atoms with van der Waals surface area (Å²) in [5.74, 6) is -0.523. The maximum absolute atomic E-state index is 13.6. The van der Waals surface area contributed by atoms with Crippen molar-refractivity contribution in [1.29, 1.82) is 0 Å². The van der Waals surface area contributed by atoms with Crippen LogP contribution >= 0.6 is 0 Å². The van der Waals surface area contributed by atoms with Gasteiger partial charge >= 0.3 is 0 Å². The third-order valence-electron chi connectivity index (χ3n) is 3.41. The van der Waals surface area contributed by atoms with Gasteiger partial charge in [-0.25, -0.2) is 17.5 Å². The van der Waals surface area contributed by atoms with Crippen molar-refractivity contribution in [1.82, 2.24) is 4.72 Å². The predicted octanol–water partition coefficient (Wildman–Crippen LogP) is 1.87. The second-order valence-electron chi connectivity index (χ2n) is 4.83. The van der Waals surface area contributed by atoms with Gasteiger partial charge in [0.15, 0.2) is 0 Å². The Morgan fingerprint density at radius 2 is 2.11 bits per heavy atom. The van der Waals surface area contributed by atoms with Crippen LogP contribution in [-0.4, -0.2) is 14.5 Å². The van der Waals surface area contributed by atoms with E-state index < -0.39 is 15.8 Å². The van der Waals surface area contributed by atoms with Crippen LogP contribution in [0.1, 0.15) is 26.2 Å². The minimum absolute atomic E-state index is 0.105. The summed E-state index contributed by atoms with van der Waals surface area (Å²) in [5, 5.41) is 0. The predicted molar refractivity (Wildman–Crippen MR) is 67.9 cm³/mol. The molecule has 0 bridgehead atoms. The molecular formula is C12H17FN2O2S. The van der Waals surface area contributed by atoms with Gasteiger partial charge < -0.3 is 5.73 Å². The number of rotatable bonds is 3. The molecule has 2 atom stereocenters. The summed E-state index contributed by atoms with van der Waals surface area (Å²) in [6, 6.07) is 3.50. The second kappa shape index (κ2) is 4.85. The van der Waals surface area contributed by atoms with Crippen molar-refractivity contribution in [3.8, 4) is 0 Å². The van der Waals surface area contributed by atoms with Crippen LogP contribution in [0.4, 0.5) is 10.1 Å². The molecule has 1 aromatic carbocycles. The van der Waals surface area contributed by atoms with E-state index in [0.29, 0.717) is 0 Å². The van der Waals surface area contributed by atoms with Crippen LogP contribution in [0, 0.1) is 11.7 Å². The van der Waals surface area contributed by atoms with Crippen LogP contribution in [0.15, 0.2) is 23.1 Å². The minimum atomic E-state index is -3.80. The fourth-order valence-electron chi connectivity index (χ4n) is 2.32. The van der Waals surface area contributed by atoms with Gasteiger partial charge in [0.25, 0.3) is 0 Å². The molecule has 1 aromatic rings. The van der Waals surface area contributed by atoms with E-state index in [2.05, 4.69) is 4.72 Å². The molecule has 0 aliphatic heterocycles. The first-order valence-electron chi connectivity index (χ1n) is 5.97. The molecule has 1 fully saturated rings. The number of nitrogens with one attached hydrogen (secondary N) is 1. The fraction of sp³-hybridized carbons (Fsp3) is 0.500. The molecule has 2 rings (SSSR count). The monoisotopic (exact) mass is 272 g/mol. The standard InChI is InChI=1S/C12H17FN2O2S/c1-8-3-2-4-11(8)15-18(16,17)12-6-5-9(14)7-10(12)13/h5-8,11,15H,2-4,14H2,1H3. The van der Waals surface area contributed by atoms with Gasteiger partial charge in [0.1, 0.15) is 10.7 Å². The van der Waals surface area contributed by atoms with Gasteiger partial charge in [-0.05, 0) is 37.0 Å². The van der Waals surface area contributed by atoms with Crippen molar-refractivity contribution >= 4 is 15.7 Å². The Morgan fingerprint density at radius 3 is 2.67 bits per heavy atom. The quantitative estimate of drug-likeness (QED) is 0.825. The van der Waals surface area contributed by atoms with Gasteiger partial charge in [-0.2, -0.15) is 0 Å². The third kappa shape index (κ3) is 2.64. The van der Waals surface area contributed by atoms with E-state index in [1.165, 1.54) is 12.1 Å². The zero-order chi connectivity index (χ0) is 13.3. The molecule has 18 heavy (non-hydrogen) atoms. The lowest BCUT2D eigenvalue weighted by Gasteiger charge is -2.17. The lowest BCUT2D eigenvalue weighted by molar-refractivity contribution is 0.473. The lowest BCUT2D eigenvalue weighted by atomic mass is 10.1. The van der Waals surface area contributed by atoms with Crippen molar-refractivity contribution < 1.29 is 12.8 Å². The molecule has 0 amide bonds. The highest BCUT2D eigenvalue weighted by Crippen LogP contribution is 2.27. The van der Waals surface area contributed by atoms with Crippen molar-refractivity contribution in [3.63, 3.8) is 0 Å². The zero-order valence-electron chi connectivity index (χ0n) is 10.2. The molecule has 0 aromatic heterocycles. The number of halogens is 1. The summed E-state index contributed by atoms with van der Waals surface area (Å²) in [5.41, 5.74) is 5.61. The molecular weight excluding hydrogens is 255 g/mol. The van der Waals surface area contributed by atoms with Crippen LogP contribution in [0.3, 0.4) is 0 Å². The molecule has 1 aliphatic rings. The van der Waals surface area contributed by atoms with Crippen LogP contribution in [0.5, 0.6) is 0 Å². The summed E-state index contributed by atoms with van der Waals surface area (Å²) >= 11 is 0. The Hall–Kier alpha value is -1.14. The van der Waals surface area contributed by atoms with Crippen LogP contribution < -0.4 is 10.5 Å². The molecule has 1 saturated carbocycles. The van der Waals surface area contributed by atoms with Gasteiger partial charge in [-0.3, -0.25) is 0 Å². The average Bonchev–Trinajstić information content (AvgIpc) is 2.63. The SMILES string of the molecule is CC1CCCC1NS(=O)(=O)c1ccc(N)cc1F. The molecule has 4 nitrogen and oxygen atoms in total. The first kappa shape index (κ1) is 13.3. The minimum Gasteiger partial charge on any atom is -0.399 e. The molecule has 0 saturated heterocycles. The Balaban J connectivity index is 2.25. The van der Waals surface area contributed by atoms with E-state index in [-0.39, 0.29) is 22.5 Å². The number of benzene rings is 1. The summed E-state index contributed by atoms with van der Waals surface area (Å²) in [6.45, 7) is 2.00. The highest BCUT2D eigenvalue weighted by atomic mass is 32.2. The van der Waals surface area contributed by atoms with Crippen molar-refractivity contribution in [2.45, 2.75) is 37.1 Å². The van der Waals surface area contributed by atoms with Gasteiger partial charge in [0, 0.05) is 11.7 Å². The van der Waals surface area contributed by atoms with Gasteiger partial charge in [-0.1, -0.05) is 13.3 Å². The molecule has 100 valence electrons. The zero-order valence-corrected chi connectivity index (χ0v) is 11.0. The maximum atomic E-state index is 13.6. The molecule has 0 radical (unpaired) electrons. The van der Waals surface area contributed by atoms with E-state index in [1.807, 2.05) is 6.92 Å². The normalized spacial score (nSPS) is 24.3. The molecule has 2 unspecified atom stereocenters. The Morgan fingerprint density at radius 1 is 1.39 bits per heavy atom. The summed E-state index contributed by atoms with van der Waals surface area (Å²) < 4.78 is 40.3. The number of hydrogen-bond acceptors (Lipinski definition) is 3. The summed E-state index contributed by atoms with van der Waals surface area (Å²) in [7, 11) is -3.80. The number of nitrogens with two attached hydrogens (primary N) is 1. The van der Waals surface area contributed by atoms with E-state index in [9.17, 15) is 12.8 Å². The Kier molecular flexibility index (Phi) is 3.59. The average molecular weight is 272 g/mol. The van der Waals surface area contributed by atoms with Gasteiger partial charge in [-0.15, -0.1) is 0 Å². The van der Waals surface area contributed by atoms with Crippen LogP contribution in [0.2, 0.25) is 0 Å². The van der Waals surface area contributed by atoms with E-state index in [1.54, 1.807) is 0 Å². The van der Waals surface area contributed by atoms with Crippen LogP contribution in [-0.2, 0) is 10.0 Å². The summed E-state index contributed by atoms with van der Waals surface area (Å²) in [6.07, 6.45) is 2.80. The van der Waals surface area contributed by atoms with Crippen molar-refractivity contribution in [2.75, 3.05) is 5.73 Å². The first-order valence-corrected chi connectivity index (χ1v) is 7.46. The molecule has 6 heteroatoms. The first-order chi connectivity index (χ1) is 8.40. The second-order valence-corrected chi connectivity index (χ2v) is 6.51. The maximum Gasteiger partial charge on any atom is 0.243 e. The molecule has 1 aliphatic carbocycles. The molecule has 0 spiro atoms. The van der Waals surface area contributed by atoms with E-state index >= 15 is 0 Å². The smallest absolute Gasteiger partial charge is 0.243 e. The van der Waals surface area contributed by atoms with E-state index in [4.69, 9.17) is 5.73 Å². The lowest BCUT2D eigenvalue weighted by Crippen LogP contribution is -2.36. The van der Waals surface area contributed by atoms with Gasteiger partial charge in [0.2, 0.25) is 10.0 Å². The topological polar surface area (TPSA) is 72.2 Å². The number of nitrogen functional groups attached to an aromatic ring is 1. The highest BCUT2D eigenvalue weighted by molar-refractivity contribution is 7.89. The number of anilines is 1. The molecule has 3 N–H and O–H groups in total. The van der Waals surface area contributed by atoms with Crippen LogP contribution in [0.25, 0.3) is 0 Å². The third-order valence-corrected chi connectivity index (χ3v) is 4.94. The largest absolute Gasteiger partial charge is 0.399 e.